The van der Waals surface area contributed by atoms with E-state index in [1.165, 1.54) is 12.8 Å². The maximum absolute atomic E-state index is 13.2. The highest BCUT2D eigenvalue weighted by molar-refractivity contribution is 4.88. The third kappa shape index (κ3) is 1.38. The minimum absolute atomic E-state index is 0.483. The van der Waals surface area contributed by atoms with Crippen LogP contribution in [0.1, 0.15) is 39.5 Å². The molecule has 2 aliphatic carbocycles. The first-order chi connectivity index (χ1) is 5.66. The maximum Gasteiger partial charge on any atom is 0.101 e. The maximum atomic E-state index is 13.2. The van der Waals surface area contributed by atoms with Crippen molar-refractivity contribution in [3.8, 4) is 0 Å². The van der Waals surface area contributed by atoms with Crippen molar-refractivity contribution < 1.29 is 4.39 Å². The van der Waals surface area contributed by atoms with Crippen LogP contribution in [0.15, 0.2) is 0 Å². The zero-order valence-electron chi connectivity index (χ0n) is 8.09. The van der Waals surface area contributed by atoms with Crippen molar-refractivity contribution in [2.75, 3.05) is 0 Å². The second kappa shape index (κ2) is 3.01. The molecule has 0 aromatic heterocycles. The highest BCUT2D eigenvalue weighted by atomic mass is 19.1. The normalized spacial score (nSPS) is 53.8. The summed E-state index contributed by atoms with van der Waals surface area (Å²) in [4.78, 5) is 0. The molecule has 0 aliphatic heterocycles. The fourth-order valence-electron chi connectivity index (χ4n) is 3.23. The molecule has 0 heterocycles. The van der Waals surface area contributed by atoms with Gasteiger partial charge >= 0.3 is 0 Å². The number of fused-ring (bicyclic) bond motifs is 2. The van der Waals surface area contributed by atoms with Gasteiger partial charge in [-0.15, -0.1) is 0 Å². The summed E-state index contributed by atoms with van der Waals surface area (Å²) in [6.07, 6.45) is 3.81. The van der Waals surface area contributed by atoms with Crippen molar-refractivity contribution in [3.63, 3.8) is 0 Å². The number of halogens is 1. The molecule has 0 N–H and O–H groups in total. The molecule has 4 unspecified atom stereocenters. The Hall–Kier alpha value is -0.0700. The first-order valence-electron chi connectivity index (χ1n) is 5.31. The van der Waals surface area contributed by atoms with Gasteiger partial charge in [-0.2, -0.15) is 0 Å². The predicted molar refractivity (Wildman–Crippen MR) is 48.7 cm³/mol. The quantitative estimate of drug-likeness (QED) is 0.522. The Balaban J connectivity index is 2.07. The number of alkyl halides is 1. The summed E-state index contributed by atoms with van der Waals surface area (Å²) in [6, 6.07) is 0. The second-order valence-electron chi connectivity index (χ2n) is 5.00. The van der Waals surface area contributed by atoms with Crippen LogP contribution < -0.4 is 0 Å². The lowest BCUT2D eigenvalue weighted by Crippen LogP contribution is -2.36. The average Bonchev–Trinajstić information content (AvgIpc) is 1.99. The fraction of sp³-hybridized carbons (Fsp3) is 1.00. The van der Waals surface area contributed by atoms with Gasteiger partial charge in [-0.25, -0.2) is 4.39 Å². The summed E-state index contributed by atoms with van der Waals surface area (Å²) < 4.78 is 13.2. The number of hydrogen-bond acceptors (Lipinski definition) is 0. The summed E-state index contributed by atoms with van der Waals surface area (Å²) in [6.45, 7) is 4.64. The highest BCUT2D eigenvalue weighted by Crippen LogP contribution is 2.46. The molecule has 0 nitrogen and oxygen atoms in total. The van der Waals surface area contributed by atoms with E-state index in [1.54, 1.807) is 0 Å². The van der Waals surface area contributed by atoms with E-state index in [0.29, 0.717) is 11.8 Å². The second-order valence-corrected chi connectivity index (χ2v) is 5.00. The Morgan fingerprint density at radius 1 is 1.00 bits per heavy atom. The minimum Gasteiger partial charge on any atom is -0.247 e. The standard InChI is InChI=1S/C11H19F/c1-7-3-9-4-10(8(7)2)6-11(12)5-9/h7-11H,3-6H2,1-2H3/t7?,8?,9?,10?,11-/m0/s1. The molecule has 2 bridgehead atoms. The molecular weight excluding hydrogens is 151 g/mol. The summed E-state index contributed by atoms with van der Waals surface area (Å²) in [5, 5.41) is 0. The van der Waals surface area contributed by atoms with Gasteiger partial charge in [0, 0.05) is 0 Å². The van der Waals surface area contributed by atoms with Crippen LogP contribution in [0, 0.1) is 23.7 Å². The Kier molecular flexibility index (Phi) is 2.14. The van der Waals surface area contributed by atoms with Crippen LogP contribution in [0.25, 0.3) is 0 Å². The molecule has 0 aromatic carbocycles. The largest absolute Gasteiger partial charge is 0.247 e. The Labute approximate surface area is 74.5 Å². The van der Waals surface area contributed by atoms with Crippen molar-refractivity contribution in [3.05, 3.63) is 0 Å². The third-order valence-corrected chi connectivity index (χ3v) is 4.13. The molecule has 0 aromatic rings. The van der Waals surface area contributed by atoms with E-state index in [0.717, 1.165) is 24.7 Å². The van der Waals surface area contributed by atoms with Gasteiger partial charge in [-0.3, -0.25) is 0 Å². The van der Waals surface area contributed by atoms with Gasteiger partial charge in [-0.1, -0.05) is 13.8 Å². The highest BCUT2D eigenvalue weighted by Gasteiger charge is 2.38. The van der Waals surface area contributed by atoms with Gasteiger partial charge in [0.2, 0.25) is 0 Å². The smallest absolute Gasteiger partial charge is 0.101 e. The van der Waals surface area contributed by atoms with Crippen molar-refractivity contribution >= 4 is 0 Å². The summed E-state index contributed by atoms with van der Waals surface area (Å²) in [5.41, 5.74) is 0. The van der Waals surface area contributed by atoms with Crippen LogP contribution in [0.5, 0.6) is 0 Å². The molecule has 12 heavy (non-hydrogen) atoms. The lowest BCUT2D eigenvalue weighted by Gasteiger charge is -2.43. The monoisotopic (exact) mass is 170 g/mol. The third-order valence-electron chi connectivity index (χ3n) is 4.13. The van der Waals surface area contributed by atoms with E-state index in [9.17, 15) is 4.39 Å². The van der Waals surface area contributed by atoms with Crippen molar-refractivity contribution in [2.24, 2.45) is 23.7 Å². The van der Waals surface area contributed by atoms with Crippen LogP contribution in [0.3, 0.4) is 0 Å². The van der Waals surface area contributed by atoms with Gasteiger partial charge < -0.3 is 0 Å². The van der Waals surface area contributed by atoms with Crippen LogP contribution in [-0.2, 0) is 0 Å². The van der Waals surface area contributed by atoms with Crippen LogP contribution in [0.4, 0.5) is 4.39 Å². The Morgan fingerprint density at radius 3 is 2.50 bits per heavy atom. The topological polar surface area (TPSA) is 0 Å². The van der Waals surface area contributed by atoms with E-state index in [1.807, 2.05) is 0 Å². The minimum atomic E-state index is -0.483. The molecule has 5 atom stereocenters. The zero-order valence-corrected chi connectivity index (χ0v) is 8.09. The average molecular weight is 170 g/mol. The molecule has 0 saturated heterocycles. The Morgan fingerprint density at radius 2 is 1.75 bits per heavy atom. The van der Waals surface area contributed by atoms with Crippen LogP contribution in [0.2, 0.25) is 0 Å². The van der Waals surface area contributed by atoms with Crippen LogP contribution in [-0.4, -0.2) is 6.17 Å². The molecular formula is C11H19F. The van der Waals surface area contributed by atoms with Gasteiger partial charge in [-0.05, 0) is 49.4 Å². The first-order valence-corrected chi connectivity index (χ1v) is 5.31. The van der Waals surface area contributed by atoms with E-state index in [-0.39, 0.29) is 0 Å². The van der Waals surface area contributed by atoms with Crippen molar-refractivity contribution in [1.82, 2.24) is 0 Å². The van der Waals surface area contributed by atoms with E-state index in [4.69, 9.17) is 0 Å². The molecule has 2 rings (SSSR count). The van der Waals surface area contributed by atoms with E-state index in [2.05, 4.69) is 13.8 Å². The lowest BCUT2D eigenvalue weighted by molar-refractivity contribution is 0.0367. The molecule has 1 heteroatoms. The Bertz CT molecular complexity index is 162. The van der Waals surface area contributed by atoms with Crippen LogP contribution >= 0.6 is 0 Å². The fourth-order valence-corrected chi connectivity index (χ4v) is 3.23. The molecule has 70 valence electrons. The molecule has 2 saturated carbocycles. The van der Waals surface area contributed by atoms with Gasteiger partial charge in [0.1, 0.15) is 6.17 Å². The molecule has 0 radical (unpaired) electrons. The van der Waals surface area contributed by atoms with Gasteiger partial charge in [0.15, 0.2) is 0 Å². The van der Waals surface area contributed by atoms with Gasteiger partial charge in [0.05, 0.1) is 0 Å². The molecule has 2 aliphatic rings. The van der Waals surface area contributed by atoms with E-state index < -0.39 is 6.17 Å². The summed E-state index contributed by atoms with van der Waals surface area (Å²) in [5.74, 6) is 3.01. The first kappa shape index (κ1) is 8.52. The van der Waals surface area contributed by atoms with Gasteiger partial charge in [0.25, 0.3) is 0 Å². The summed E-state index contributed by atoms with van der Waals surface area (Å²) in [7, 11) is 0. The predicted octanol–water partition coefficient (Wildman–Crippen LogP) is 3.42. The zero-order chi connectivity index (χ0) is 8.72. The number of rotatable bonds is 0. The van der Waals surface area contributed by atoms with Crippen molar-refractivity contribution in [1.29, 1.82) is 0 Å². The molecule has 0 spiro atoms. The SMILES string of the molecule is CC1CC2CC(C[C@@H](F)C2)C1C. The molecule has 2 fully saturated rings. The summed E-state index contributed by atoms with van der Waals surface area (Å²) >= 11 is 0. The lowest BCUT2D eigenvalue weighted by atomic mass is 9.63. The van der Waals surface area contributed by atoms with Crippen molar-refractivity contribution in [2.45, 2.75) is 45.7 Å². The van der Waals surface area contributed by atoms with E-state index >= 15 is 0 Å². The number of hydrogen-bond donors (Lipinski definition) is 0. The molecule has 0 amide bonds.